The Kier molecular flexibility index (Phi) is 4.40. The highest BCUT2D eigenvalue weighted by molar-refractivity contribution is 5.92. The molecule has 0 aliphatic carbocycles. The Bertz CT molecular complexity index is 799. The summed E-state index contributed by atoms with van der Waals surface area (Å²) in [6.07, 6.45) is 5.38. The molecule has 1 amide bonds. The normalized spacial score (nSPS) is 21.9. The monoisotopic (exact) mass is 359 g/mol. The number of nitrogens with zero attached hydrogens (tertiary/aromatic N) is 3. The van der Waals surface area contributed by atoms with Gasteiger partial charge in [0, 0.05) is 39.0 Å². The third-order valence-electron chi connectivity index (χ3n) is 5.30. The van der Waals surface area contributed by atoms with Gasteiger partial charge in [0.1, 0.15) is 11.8 Å². The van der Waals surface area contributed by atoms with E-state index in [9.17, 15) is 9.18 Å². The second-order valence-electron chi connectivity index (χ2n) is 7.02. The fourth-order valence-electron chi connectivity index (χ4n) is 3.81. The third kappa shape index (κ3) is 3.19. The van der Waals surface area contributed by atoms with Crippen molar-refractivity contribution in [2.45, 2.75) is 31.0 Å². The molecule has 0 unspecified atom stereocenters. The van der Waals surface area contributed by atoms with Gasteiger partial charge in [-0.1, -0.05) is 0 Å². The van der Waals surface area contributed by atoms with E-state index in [-0.39, 0.29) is 23.5 Å². The highest BCUT2D eigenvalue weighted by Crippen LogP contribution is 2.37. The van der Waals surface area contributed by atoms with E-state index in [1.165, 1.54) is 18.3 Å². The Morgan fingerprint density at radius 1 is 1.35 bits per heavy atom. The average Bonchev–Trinajstić information content (AvgIpc) is 3.24. The Balaban J connectivity index is 1.35. The van der Waals surface area contributed by atoms with Gasteiger partial charge in [0.05, 0.1) is 12.2 Å². The van der Waals surface area contributed by atoms with Crippen LogP contribution in [0, 0.1) is 5.82 Å². The lowest BCUT2D eigenvalue weighted by Crippen LogP contribution is -2.47. The van der Waals surface area contributed by atoms with E-state index in [2.05, 4.69) is 4.98 Å². The summed E-state index contributed by atoms with van der Waals surface area (Å²) in [7, 11) is 1.87. The number of amides is 1. The zero-order valence-electron chi connectivity index (χ0n) is 14.7. The minimum Gasteiger partial charge on any atom is -0.470 e. The second kappa shape index (κ2) is 6.72. The van der Waals surface area contributed by atoms with Crippen LogP contribution in [-0.2, 0) is 11.8 Å². The molecule has 2 aromatic heterocycles. The first kappa shape index (κ1) is 17.0. The predicted molar refractivity (Wildman–Crippen MR) is 92.5 cm³/mol. The number of rotatable bonds is 3. The van der Waals surface area contributed by atoms with Crippen LogP contribution < -0.4 is 4.74 Å². The van der Waals surface area contributed by atoms with Gasteiger partial charge in [0.15, 0.2) is 5.82 Å². The molecule has 2 aliphatic heterocycles. The smallest absolute Gasteiger partial charge is 0.270 e. The lowest BCUT2D eigenvalue weighted by molar-refractivity contribution is -0.0397. The van der Waals surface area contributed by atoms with Crippen LogP contribution in [-0.4, -0.2) is 51.8 Å². The van der Waals surface area contributed by atoms with Crippen molar-refractivity contribution in [2.75, 3.05) is 19.7 Å². The van der Waals surface area contributed by atoms with Crippen LogP contribution in [0.25, 0.3) is 0 Å². The minimum absolute atomic E-state index is 0.0227. The first-order chi connectivity index (χ1) is 12.6. The molecular weight excluding hydrogens is 337 g/mol. The molecule has 2 fully saturated rings. The molecule has 4 heterocycles. The molecule has 2 aliphatic rings. The lowest BCUT2D eigenvalue weighted by atomic mass is 9.88. The lowest BCUT2D eigenvalue weighted by Gasteiger charge is -2.38. The van der Waals surface area contributed by atoms with E-state index in [0.717, 1.165) is 12.8 Å². The maximum absolute atomic E-state index is 13.7. The van der Waals surface area contributed by atoms with E-state index >= 15 is 0 Å². The van der Waals surface area contributed by atoms with Crippen molar-refractivity contribution in [3.05, 3.63) is 48.2 Å². The van der Waals surface area contributed by atoms with E-state index in [1.807, 2.05) is 34.8 Å². The van der Waals surface area contributed by atoms with Crippen LogP contribution in [0.3, 0.4) is 0 Å². The van der Waals surface area contributed by atoms with Crippen LogP contribution in [0.4, 0.5) is 4.39 Å². The second-order valence-corrected chi connectivity index (χ2v) is 7.02. The molecule has 2 saturated heterocycles. The van der Waals surface area contributed by atoms with Crippen molar-refractivity contribution in [1.82, 2.24) is 14.5 Å². The molecule has 2 aromatic rings. The van der Waals surface area contributed by atoms with Gasteiger partial charge in [0.2, 0.25) is 0 Å². The largest absolute Gasteiger partial charge is 0.470 e. The van der Waals surface area contributed by atoms with Crippen molar-refractivity contribution in [3.8, 4) is 5.88 Å². The van der Waals surface area contributed by atoms with Gasteiger partial charge in [0.25, 0.3) is 11.8 Å². The van der Waals surface area contributed by atoms with Gasteiger partial charge in [-0.15, -0.1) is 0 Å². The third-order valence-corrected chi connectivity index (χ3v) is 5.30. The number of likely N-dealkylation sites (tertiary alicyclic amines) is 1. The molecule has 0 N–H and O–H groups in total. The van der Waals surface area contributed by atoms with Gasteiger partial charge in [-0.3, -0.25) is 4.79 Å². The van der Waals surface area contributed by atoms with Crippen LogP contribution in [0.15, 0.2) is 36.7 Å². The summed E-state index contributed by atoms with van der Waals surface area (Å²) in [5.74, 6) is -0.389. The summed E-state index contributed by atoms with van der Waals surface area (Å²) >= 11 is 0. The van der Waals surface area contributed by atoms with Crippen molar-refractivity contribution < 1.29 is 18.7 Å². The van der Waals surface area contributed by atoms with Crippen LogP contribution >= 0.6 is 0 Å². The maximum Gasteiger partial charge on any atom is 0.270 e. The topological polar surface area (TPSA) is 56.6 Å². The number of carbonyl (C=O) groups excluding carboxylic acids is 1. The van der Waals surface area contributed by atoms with Gasteiger partial charge in [-0.2, -0.15) is 0 Å². The average molecular weight is 359 g/mol. The summed E-state index contributed by atoms with van der Waals surface area (Å²) in [6.45, 7) is 1.71. The van der Waals surface area contributed by atoms with Gasteiger partial charge < -0.3 is 18.9 Å². The molecule has 1 spiro atoms. The number of aryl methyl sites for hydroxylation is 1. The Labute approximate surface area is 151 Å². The molecule has 138 valence electrons. The number of aromatic nitrogens is 2. The molecule has 7 heteroatoms. The Hall–Kier alpha value is -2.41. The van der Waals surface area contributed by atoms with E-state index in [1.54, 1.807) is 0 Å². The highest BCUT2D eigenvalue weighted by Gasteiger charge is 2.44. The SMILES string of the molecule is Cn1cccc1C(=O)N1CCC2(CC1)C[C@@H](Oc1ncccc1F)CO2. The van der Waals surface area contributed by atoms with Crippen LogP contribution in [0.2, 0.25) is 0 Å². The van der Waals surface area contributed by atoms with Crippen molar-refractivity contribution in [3.63, 3.8) is 0 Å². The van der Waals surface area contributed by atoms with E-state index in [4.69, 9.17) is 9.47 Å². The summed E-state index contributed by atoms with van der Waals surface area (Å²) in [5, 5.41) is 0. The highest BCUT2D eigenvalue weighted by atomic mass is 19.1. The van der Waals surface area contributed by atoms with Crippen molar-refractivity contribution in [1.29, 1.82) is 0 Å². The number of hydrogen-bond donors (Lipinski definition) is 0. The molecule has 0 radical (unpaired) electrons. The number of carbonyl (C=O) groups is 1. The molecular formula is C19H22FN3O3. The number of halogens is 1. The Morgan fingerprint density at radius 3 is 2.85 bits per heavy atom. The van der Waals surface area contributed by atoms with Crippen LogP contribution in [0.5, 0.6) is 5.88 Å². The molecule has 1 atom stereocenters. The number of ether oxygens (including phenoxy) is 2. The standard InChI is InChI=1S/C19H22FN3O3/c1-22-9-3-5-16(22)18(24)23-10-6-19(7-11-23)12-14(13-25-19)26-17-15(20)4-2-8-21-17/h2-5,8-9,14H,6-7,10-13H2,1H3/t14-/m1/s1. The predicted octanol–water partition coefficient (Wildman–Crippen LogP) is 2.40. The maximum atomic E-state index is 13.7. The minimum atomic E-state index is -0.462. The summed E-state index contributed by atoms with van der Waals surface area (Å²) in [4.78, 5) is 18.4. The van der Waals surface area contributed by atoms with Gasteiger partial charge >= 0.3 is 0 Å². The first-order valence-electron chi connectivity index (χ1n) is 8.88. The molecule has 0 bridgehead atoms. The molecule has 26 heavy (non-hydrogen) atoms. The molecule has 4 rings (SSSR count). The van der Waals surface area contributed by atoms with Crippen molar-refractivity contribution in [2.24, 2.45) is 7.05 Å². The van der Waals surface area contributed by atoms with Crippen molar-refractivity contribution >= 4 is 5.91 Å². The quantitative estimate of drug-likeness (QED) is 0.844. The van der Waals surface area contributed by atoms with Gasteiger partial charge in [-0.25, -0.2) is 9.37 Å². The van der Waals surface area contributed by atoms with E-state index in [0.29, 0.717) is 31.8 Å². The zero-order chi connectivity index (χ0) is 18.1. The summed E-state index contributed by atoms with van der Waals surface area (Å²) in [6, 6.07) is 6.58. The fourth-order valence-corrected chi connectivity index (χ4v) is 3.81. The number of piperidine rings is 1. The Morgan fingerprint density at radius 2 is 2.15 bits per heavy atom. The number of pyridine rings is 1. The molecule has 0 aromatic carbocycles. The number of hydrogen-bond acceptors (Lipinski definition) is 4. The molecule has 6 nitrogen and oxygen atoms in total. The fraction of sp³-hybridized carbons (Fsp3) is 0.474. The van der Waals surface area contributed by atoms with Crippen LogP contribution in [0.1, 0.15) is 29.8 Å². The summed E-state index contributed by atoms with van der Waals surface area (Å²) < 4.78 is 27.3. The zero-order valence-corrected chi connectivity index (χ0v) is 14.7. The first-order valence-corrected chi connectivity index (χ1v) is 8.88. The van der Waals surface area contributed by atoms with Gasteiger partial charge in [-0.05, 0) is 37.1 Å². The summed E-state index contributed by atoms with van der Waals surface area (Å²) in [5.41, 5.74) is 0.404. The van der Waals surface area contributed by atoms with E-state index < -0.39 is 5.82 Å². The molecule has 0 saturated carbocycles.